The van der Waals surface area contributed by atoms with Gasteiger partial charge in [0, 0.05) is 0 Å². The van der Waals surface area contributed by atoms with Gasteiger partial charge in [0.05, 0.1) is 17.6 Å². The smallest absolute Gasteiger partial charge is 0.244 e. The Bertz CT molecular complexity index is 860. The van der Waals surface area contributed by atoms with E-state index in [9.17, 15) is 9.18 Å². The number of nitrogens with one attached hydrogen (secondary N) is 1. The zero-order valence-electron chi connectivity index (χ0n) is 13.1. The molecule has 0 unspecified atom stereocenters. The molecule has 0 bridgehead atoms. The van der Waals surface area contributed by atoms with Crippen LogP contribution in [-0.4, -0.2) is 15.7 Å². The molecule has 0 fully saturated rings. The molecule has 3 aromatic rings. The van der Waals surface area contributed by atoms with E-state index in [4.69, 9.17) is 5.73 Å². The van der Waals surface area contributed by atoms with E-state index in [2.05, 4.69) is 10.4 Å². The second-order valence-electron chi connectivity index (χ2n) is 5.40. The van der Waals surface area contributed by atoms with Crippen LogP contribution in [0.3, 0.4) is 0 Å². The monoisotopic (exact) mass is 324 g/mol. The molecule has 0 aliphatic heterocycles. The minimum atomic E-state index is -0.692. The first-order valence-electron chi connectivity index (χ1n) is 7.48. The average molecular weight is 324 g/mol. The molecule has 1 heterocycles. The fourth-order valence-electron chi connectivity index (χ4n) is 2.54. The second kappa shape index (κ2) is 6.54. The number of hydrogen-bond acceptors (Lipinski definition) is 3. The van der Waals surface area contributed by atoms with Crippen molar-refractivity contribution in [1.29, 1.82) is 0 Å². The lowest BCUT2D eigenvalue weighted by Gasteiger charge is -2.17. The number of para-hydroxylation sites is 1. The highest BCUT2D eigenvalue weighted by molar-refractivity contribution is 5.84. The second-order valence-corrected chi connectivity index (χ2v) is 5.40. The first-order chi connectivity index (χ1) is 11.6. The van der Waals surface area contributed by atoms with E-state index < -0.39 is 11.9 Å². The number of hydrogen-bond donors (Lipinski definition) is 2. The topological polar surface area (TPSA) is 72.9 Å². The summed E-state index contributed by atoms with van der Waals surface area (Å²) < 4.78 is 15.5. The number of nitrogens with zero attached hydrogens (tertiary/aromatic N) is 2. The molecule has 1 aromatic heterocycles. The van der Waals surface area contributed by atoms with E-state index in [1.54, 1.807) is 31.3 Å². The molecule has 0 aliphatic carbocycles. The molecule has 5 nitrogen and oxygen atoms in total. The van der Waals surface area contributed by atoms with E-state index in [1.807, 2.05) is 30.3 Å². The van der Waals surface area contributed by atoms with Crippen molar-refractivity contribution >= 4 is 11.6 Å². The van der Waals surface area contributed by atoms with Crippen molar-refractivity contribution in [2.24, 2.45) is 5.73 Å². The molecule has 0 radical (unpaired) electrons. The third-order valence-electron chi connectivity index (χ3n) is 3.81. The van der Waals surface area contributed by atoms with Gasteiger partial charge in [0.2, 0.25) is 5.91 Å². The van der Waals surface area contributed by atoms with E-state index in [0.29, 0.717) is 17.1 Å². The Labute approximate surface area is 138 Å². The zero-order valence-corrected chi connectivity index (χ0v) is 13.1. The third-order valence-corrected chi connectivity index (χ3v) is 3.81. The largest absolute Gasteiger partial charge is 0.368 e. The van der Waals surface area contributed by atoms with Gasteiger partial charge in [-0.3, -0.25) is 4.79 Å². The molecule has 0 aliphatic rings. The van der Waals surface area contributed by atoms with Crippen molar-refractivity contribution < 1.29 is 9.18 Å². The third kappa shape index (κ3) is 2.99. The Kier molecular flexibility index (Phi) is 4.29. The molecule has 3 N–H and O–H groups in total. The summed E-state index contributed by atoms with van der Waals surface area (Å²) in [6.45, 7) is 1.80. The Morgan fingerprint density at radius 2 is 1.83 bits per heavy atom. The predicted octanol–water partition coefficient (Wildman–Crippen LogP) is 2.96. The predicted molar refractivity (Wildman–Crippen MR) is 90.3 cm³/mol. The van der Waals surface area contributed by atoms with E-state index in [-0.39, 0.29) is 5.82 Å². The van der Waals surface area contributed by atoms with Gasteiger partial charge in [-0.15, -0.1) is 0 Å². The lowest BCUT2D eigenvalue weighted by atomic mass is 10.1. The number of rotatable bonds is 5. The first kappa shape index (κ1) is 15.7. The van der Waals surface area contributed by atoms with Crippen molar-refractivity contribution in [1.82, 2.24) is 9.78 Å². The van der Waals surface area contributed by atoms with Crippen LogP contribution in [0, 0.1) is 12.7 Å². The Balaban J connectivity index is 1.94. The highest BCUT2D eigenvalue weighted by atomic mass is 19.1. The summed E-state index contributed by atoms with van der Waals surface area (Å²) in [7, 11) is 0. The van der Waals surface area contributed by atoms with Crippen molar-refractivity contribution in [3.05, 3.63) is 77.9 Å². The summed E-state index contributed by atoms with van der Waals surface area (Å²) in [4.78, 5) is 11.8. The number of amides is 1. The normalized spacial score (nSPS) is 11.9. The van der Waals surface area contributed by atoms with Gasteiger partial charge >= 0.3 is 0 Å². The van der Waals surface area contributed by atoms with E-state index in [0.717, 1.165) is 5.56 Å². The van der Waals surface area contributed by atoms with Crippen LogP contribution in [-0.2, 0) is 4.79 Å². The molecule has 122 valence electrons. The van der Waals surface area contributed by atoms with Crippen molar-refractivity contribution in [3.63, 3.8) is 0 Å². The van der Waals surface area contributed by atoms with Gasteiger partial charge in [0.25, 0.3) is 0 Å². The average Bonchev–Trinajstić information content (AvgIpc) is 2.94. The van der Waals surface area contributed by atoms with Crippen LogP contribution in [0.25, 0.3) is 5.69 Å². The molecule has 0 saturated carbocycles. The Hall–Kier alpha value is -3.15. The maximum Gasteiger partial charge on any atom is 0.244 e. The van der Waals surface area contributed by atoms with Crippen LogP contribution in [0.5, 0.6) is 0 Å². The van der Waals surface area contributed by atoms with Gasteiger partial charge < -0.3 is 11.1 Å². The highest BCUT2D eigenvalue weighted by Crippen LogP contribution is 2.24. The Morgan fingerprint density at radius 1 is 1.17 bits per heavy atom. The fourth-order valence-corrected chi connectivity index (χ4v) is 2.54. The fraction of sp³-hybridized carbons (Fsp3) is 0.111. The number of halogens is 1. The van der Waals surface area contributed by atoms with Gasteiger partial charge in [-0.1, -0.05) is 42.5 Å². The minimum Gasteiger partial charge on any atom is -0.368 e. The van der Waals surface area contributed by atoms with Crippen LogP contribution in [0.2, 0.25) is 0 Å². The van der Waals surface area contributed by atoms with Gasteiger partial charge in [0.15, 0.2) is 0 Å². The molecule has 0 spiro atoms. The molecule has 3 rings (SSSR count). The summed E-state index contributed by atoms with van der Waals surface area (Å²) in [6.07, 6.45) is 1.56. The number of primary amides is 1. The number of benzene rings is 2. The number of nitrogens with two attached hydrogens (primary N) is 1. The minimum absolute atomic E-state index is 0.346. The van der Waals surface area contributed by atoms with Crippen LogP contribution < -0.4 is 11.1 Å². The summed E-state index contributed by atoms with van der Waals surface area (Å²) in [5.41, 5.74) is 7.92. The number of carbonyl (C=O) groups excluding carboxylic acids is 1. The molecule has 0 saturated heterocycles. The maximum absolute atomic E-state index is 14.0. The highest BCUT2D eigenvalue weighted by Gasteiger charge is 2.20. The molecule has 6 heteroatoms. The lowest BCUT2D eigenvalue weighted by molar-refractivity contribution is -0.118. The molecule has 1 atom stereocenters. The quantitative estimate of drug-likeness (QED) is 0.758. The van der Waals surface area contributed by atoms with Crippen molar-refractivity contribution in [2.45, 2.75) is 13.0 Å². The molecule has 24 heavy (non-hydrogen) atoms. The summed E-state index contributed by atoms with van der Waals surface area (Å²) >= 11 is 0. The van der Waals surface area contributed by atoms with Crippen LogP contribution >= 0.6 is 0 Å². The van der Waals surface area contributed by atoms with Crippen LogP contribution in [0.1, 0.15) is 17.3 Å². The summed E-state index contributed by atoms with van der Waals surface area (Å²) in [5.74, 6) is -0.871. The van der Waals surface area contributed by atoms with Gasteiger partial charge in [-0.25, -0.2) is 9.07 Å². The molecular weight excluding hydrogens is 307 g/mol. The van der Waals surface area contributed by atoms with Gasteiger partial charge in [0.1, 0.15) is 17.5 Å². The summed E-state index contributed by atoms with van der Waals surface area (Å²) in [6, 6.07) is 14.9. The SMILES string of the molecule is Cc1c(N[C@H](C(N)=O)c2ccccc2)cnn1-c1ccccc1F. The first-order valence-corrected chi connectivity index (χ1v) is 7.48. The number of carbonyl (C=O) groups is 1. The molecule has 1 amide bonds. The number of anilines is 1. The Morgan fingerprint density at radius 3 is 2.50 bits per heavy atom. The molecule has 2 aromatic carbocycles. The van der Waals surface area contributed by atoms with E-state index in [1.165, 1.54) is 10.7 Å². The van der Waals surface area contributed by atoms with Gasteiger partial charge in [-0.2, -0.15) is 5.10 Å². The zero-order chi connectivity index (χ0) is 17.1. The number of aromatic nitrogens is 2. The van der Waals surface area contributed by atoms with E-state index >= 15 is 0 Å². The lowest BCUT2D eigenvalue weighted by Crippen LogP contribution is -2.27. The van der Waals surface area contributed by atoms with Crippen LogP contribution in [0.4, 0.5) is 10.1 Å². The van der Waals surface area contributed by atoms with Crippen molar-refractivity contribution in [2.75, 3.05) is 5.32 Å². The maximum atomic E-state index is 14.0. The van der Waals surface area contributed by atoms with Gasteiger partial charge in [-0.05, 0) is 24.6 Å². The molecular formula is C18H17FN4O. The summed E-state index contributed by atoms with van der Waals surface area (Å²) in [5, 5.41) is 7.31. The van der Waals surface area contributed by atoms with Crippen molar-refractivity contribution in [3.8, 4) is 5.69 Å². The standard InChI is InChI=1S/C18H17FN4O/c1-12-15(11-21-23(12)16-10-6-5-9-14(16)19)22-17(18(20)24)13-7-3-2-4-8-13/h2-11,17,22H,1H3,(H2,20,24)/t17-/m0/s1. The van der Waals surface area contributed by atoms with Crippen LogP contribution in [0.15, 0.2) is 60.8 Å².